The van der Waals surface area contributed by atoms with Gasteiger partial charge in [0.1, 0.15) is 18.2 Å². The van der Waals surface area contributed by atoms with Crippen LogP contribution in [-0.4, -0.2) is 27.3 Å². The predicted molar refractivity (Wildman–Crippen MR) is 84.3 cm³/mol. The normalized spacial score (nSPS) is 12.1. The molecule has 1 rings (SSSR count). The Morgan fingerprint density at radius 2 is 1.90 bits per heavy atom. The molecule has 21 heavy (non-hydrogen) atoms. The topological polar surface area (TPSA) is 69.4 Å². The molecule has 0 radical (unpaired) electrons. The fourth-order valence-electron chi connectivity index (χ4n) is 1.62. The summed E-state index contributed by atoms with van der Waals surface area (Å²) in [4.78, 5) is 0.247. The molecule has 7 heteroatoms. The van der Waals surface area contributed by atoms with Crippen LogP contribution in [0.1, 0.15) is 13.8 Å². The molecule has 0 saturated heterocycles. The second-order valence-electron chi connectivity index (χ2n) is 4.82. The summed E-state index contributed by atoms with van der Waals surface area (Å²) in [5.74, 6) is 0.116. The second-order valence-corrected chi connectivity index (χ2v) is 6.86. The van der Waals surface area contributed by atoms with E-state index in [1.54, 1.807) is 0 Å². The second kappa shape index (κ2) is 9.02. The van der Waals surface area contributed by atoms with Gasteiger partial charge in [-0.1, -0.05) is 13.8 Å². The van der Waals surface area contributed by atoms with E-state index in [9.17, 15) is 12.8 Å². The zero-order valence-electron chi connectivity index (χ0n) is 12.1. The number of nitrogens with two attached hydrogens (primary N) is 1. The van der Waals surface area contributed by atoms with Gasteiger partial charge in [-0.15, -0.1) is 12.4 Å². The molecule has 0 aromatic heterocycles. The summed E-state index contributed by atoms with van der Waals surface area (Å²) >= 11 is 0. The molecule has 0 aliphatic rings. The lowest BCUT2D eigenvalue weighted by Gasteiger charge is -2.08. The van der Waals surface area contributed by atoms with Gasteiger partial charge in [-0.25, -0.2) is 12.8 Å². The zero-order chi connectivity index (χ0) is 15.2. The van der Waals surface area contributed by atoms with Gasteiger partial charge >= 0.3 is 0 Å². The quantitative estimate of drug-likeness (QED) is 0.830. The number of ether oxygens (including phenoxy) is 1. The Morgan fingerprint density at radius 1 is 1.33 bits per heavy atom. The lowest BCUT2D eigenvalue weighted by Crippen LogP contribution is -2.11. The Balaban J connectivity index is 0.00000400. The number of hydrogen-bond acceptors (Lipinski definition) is 4. The molecule has 0 amide bonds. The molecule has 0 saturated carbocycles. The summed E-state index contributed by atoms with van der Waals surface area (Å²) in [5.41, 5.74) is 5.17. The molecule has 0 unspecified atom stereocenters. The molecule has 0 aliphatic heterocycles. The molecule has 0 bridgehead atoms. The first-order chi connectivity index (χ1) is 9.35. The van der Waals surface area contributed by atoms with Crippen molar-refractivity contribution in [3.8, 4) is 5.75 Å². The highest BCUT2D eigenvalue weighted by Crippen LogP contribution is 2.19. The maximum Gasteiger partial charge on any atom is 0.178 e. The van der Waals surface area contributed by atoms with Gasteiger partial charge in [-0.2, -0.15) is 0 Å². The molecule has 4 nitrogen and oxygen atoms in total. The minimum absolute atomic E-state index is 0. The number of rotatable bonds is 7. The third kappa shape index (κ3) is 6.93. The lowest BCUT2D eigenvalue weighted by atomic mass is 10.3. The average molecular weight is 338 g/mol. The Morgan fingerprint density at radius 3 is 2.38 bits per heavy atom. The van der Waals surface area contributed by atoms with E-state index in [4.69, 9.17) is 10.5 Å². The molecule has 0 fully saturated rings. The molecule has 2 N–H and O–H groups in total. The predicted octanol–water partition coefficient (Wildman–Crippen LogP) is 2.73. The summed E-state index contributed by atoms with van der Waals surface area (Å²) in [6.45, 7) is 3.60. The number of benzene rings is 1. The highest BCUT2D eigenvalue weighted by molar-refractivity contribution is 7.91. The van der Waals surface area contributed by atoms with Gasteiger partial charge in [0, 0.05) is 6.54 Å². The van der Waals surface area contributed by atoms with Gasteiger partial charge in [0.2, 0.25) is 0 Å². The van der Waals surface area contributed by atoms with Crippen LogP contribution in [0.2, 0.25) is 0 Å². The third-order valence-corrected chi connectivity index (χ3v) is 4.55. The first-order valence-electron chi connectivity index (χ1n) is 6.35. The highest BCUT2D eigenvalue weighted by atomic mass is 35.5. The average Bonchev–Trinajstić information content (AvgIpc) is 2.36. The Bertz CT molecular complexity index is 556. The van der Waals surface area contributed by atoms with E-state index in [1.807, 2.05) is 13.8 Å². The van der Waals surface area contributed by atoms with Gasteiger partial charge < -0.3 is 10.5 Å². The standard InChI is InChI=1S/C14H20FNO3S.ClH/c1-11(2)10-20(17,18)14-5-3-13(4-6-14)19-9-12(15)7-8-16;/h3-7,11H,8-10,16H2,1-2H3;1H/b12-7+;. The summed E-state index contributed by atoms with van der Waals surface area (Å²) in [6, 6.07) is 5.97. The molecular weight excluding hydrogens is 317 g/mol. The molecule has 0 spiro atoms. The lowest BCUT2D eigenvalue weighted by molar-refractivity contribution is 0.318. The minimum Gasteiger partial charge on any atom is -0.487 e. The van der Waals surface area contributed by atoms with Crippen LogP contribution in [0.4, 0.5) is 4.39 Å². The van der Waals surface area contributed by atoms with E-state index in [1.165, 1.54) is 30.3 Å². The highest BCUT2D eigenvalue weighted by Gasteiger charge is 2.16. The van der Waals surface area contributed by atoms with Crippen molar-refractivity contribution < 1.29 is 17.5 Å². The minimum atomic E-state index is -3.27. The zero-order valence-corrected chi connectivity index (χ0v) is 13.7. The van der Waals surface area contributed by atoms with Crippen molar-refractivity contribution in [2.75, 3.05) is 18.9 Å². The fourth-order valence-corrected chi connectivity index (χ4v) is 3.24. The smallest absolute Gasteiger partial charge is 0.178 e. The van der Waals surface area contributed by atoms with Crippen LogP contribution in [-0.2, 0) is 9.84 Å². The number of hydrogen-bond donors (Lipinski definition) is 1. The maximum atomic E-state index is 13.1. The molecule has 120 valence electrons. The summed E-state index contributed by atoms with van der Waals surface area (Å²) < 4.78 is 42.2. The fraction of sp³-hybridized carbons (Fsp3) is 0.429. The van der Waals surface area contributed by atoms with Crippen molar-refractivity contribution in [1.82, 2.24) is 0 Å². The van der Waals surface area contributed by atoms with E-state index >= 15 is 0 Å². The van der Waals surface area contributed by atoms with Crippen LogP contribution in [0.5, 0.6) is 5.75 Å². The van der Waals surface area contributed by atoms with Crippen molar-refractivity contribution in [3.63, 3.8) is 0 Å². The molecular formula is C14H21ClFNO3S. The van der Waals surface area contributed by atoms with E-state index < -0.39 is 15.7 Å². The molecule has 0 heterocycles. The van der Waals surface area contributed by atoms with E-state index in [0.717, 1.165) is 0 Å². The first-order valence-corrected chi connectivity index (χ1v) is 8.00. The van der Waals surface area contributed by atoms with Crippen LogP contribution in [0.15, 0.2) is 41.1 Å². The SMILES string of the molecule is CC(C)CS(=O)(=O)c1ccc(OC/C(F)=C\CN)cc1.Cl. The van der Waals surface area contributed by atoms with Crippen molar-refractivity contribution in [2.45, 2.75) is 18.7 Å². The van der Waals surface area contributed by atoms with Crippen LogP contribution >= 0.6 is 12.4 Å². The van der Waals surface area contributed by atoms with E-state index in [0.29, 0.717) is 5.75 Å². The van der Waals surface area contributed by atoms with Gasteiger partial charge in [0.15, 0.2) is 9.84 Å². The van der Waals surface area contributed by atoms with Crippen LogP contribution in [0.3, 0.4) is 0 Å². The van der Waals surface area contributed by atoms with E-state index in [2.05, 4.69) is 0 Å². The first kappa shape index (κ1) is 19.9. The summed E-state index contributed by atoms with van der Waals surface area (Å²) in [6.07, 6.45) is 1.22. The number of halogens is 2. The summed E-state index contributed by atoms with van der Waals surface area (Å²) in [7, 11) is -3.27. The van der Waals surface area contributed by atoms with Crippen LogP contribution in [0.25, 0.3) is 0 Å². The van der Waals surface area contributed by atoms with Gasteiger partial charge in [-0.05, 0) is 36.3 Å². The van der Waals surface area contributed by atoms with Crippen LogP contribution in [0, 0.1) is 5.92 Å². The molecule has 0 atom stereocenters. The Labute approximate surface area is 131 Å². The van der Waals surface area contributed by atoms with Gasteiger partial charge in [0.05, 0.1) is 10.6 Å². The van der Waals surface area contributed by atoms with Crippen LogP contribution < -0.4 is 10.5 Å². The third-order valence-electron chi connectivity index (χ3n) is 2.45. The van der Waals surface area contributed by atoms with Crippen molar-refractivity contribution in [3.05, 3.63) is 36.2 Å². The molecule has 0 aliphatic carbocycles. The maximum absolute atomic E-state index is 13.1. The largest absolute Gasteiger partial charge is 0.487 e. The van der Waals surface area contributed by atoms with Crippen molar-refractivity contribution >= 4 is 22.2 Å². The van der Waals surface area contributed by atoms with Gasteiger partial charge in [0.25, 0.3) is 0 Å². The monoisotopic (exact) mass is 337 g/mol. The molecule has 1 aromatic rings. The van der Waals surface area contributed by atoms with Gasteiger partial charge in [-0.3, -0.25) is 0 Å². The number of sulfone groups is 1. The Kier molecular flexibility index (Phi) is 8.54. The van der Waals surface area contributed by atoms with E-state index in [-0.39, 0.29) is 42.1 Å². The Hall–Kier alpha value is -1.11. The molecule has 1 aromatic carbocycles. The van der Waals surface area contributed by atoms with Crippen molar-refractivity contribution in [1.29, 1.82) is 0 Å². The van der Waals surface area contributed by atoms with Crippen molar-refractivity contribution in [2.24, 2.45) is 11.7 Å². The summed E-state index contributed by atoms with van der Waals surface area (Å²) in [5, 5.41) is 0.